The molecule has 14 heavy (non-hydrogen) atoms. The predicted molar refractivity (Wildman–Crippen MR) is 46.3 cm³/mol. The largest absolute Gasteiger partial charge is 0.258 e. The molecule has 0 radical (unpaired) electrons. The highest BCUT2D eigenvalue weighted by atomic mass is 19.1. The molecule has 74 valence electrons. The number of rotatable bonds is 1. The van der Waals surface area contributed by atoms with Crippen LogP contribution in [-0.4, -0.2) is 18.7 Å². The van der Waals surface area contributed by atoms with Crippen molar-refractivity contribution in [2.24, 2.45) is 10.4 Å². The van der Waals surface area contributed by atoms with Gasteiger partial charge in [-0.25, -0.2) is 13.8 Å². The molecule has 4 nitrogen and oxygen atoms in total. The van der Waals surface area contributed by atoms with E-state index in [2.05, 4.69) is 10.4 Å². The molecular weight excluding hydrogens is 190 g/mol. The van der Waals surface area contributed by atoms with E-state index in [0.717, 1.165) is 6.07 Å². The summed E-state index contributed by atoms with van der Waals surface area (Å²) in [5.41, 5.74) is 0.222. The minimum Gasteiger partial charge on any atom is -0.258 e. The van der Waals surface area contributed by atoms with Crippen molar-refractivity contribution in [3.8, 4) is 0 Å². The minimum atomic E-state index is -0.640. The molecule has 1 aromatic carbocycles. The monoisotopic (exact) mass is 198 g/mol. The van der Waals surface area contributed by atoms with Crippen LogP contribution < -0.4 is 5.01 Å². The molecule has 1 aliphatic rings. The molecule has 2 rings (SSSR count). The lowest BCUT2D eigenvalue weighted by Crippen LogP contribution is -2.22. The fourth-order valence-electron chi connectivity index (χ4n) is 1.18. The Morgan fingerprint density at radius 2 is 2.07 bits per heavy atom. The van der Waals surface area contributed by atoms with Gasteiger partial charge in [0.15, 0.2) is 5.82 Å². The number of anilines is 1. The second-order valence-corrected chi connectivity index (χ2v) is 2.97. The molecule has 0 spiro atoms. The van der Waals surface area contributed by atoms with Gasteiger partial charge >= 0.3 is 0 Å². The Hall–Kier alpha value is -1.72. The summed E-state index contributed by atoms with van der Waals surface area (Å²) >= 11 is 0. The van der Waals surface area contributed by atoms with E-state index in [9.17, 15) is 8.78 Å². The van der Waals surface area contributed by atoms with Crippen molar-refractivity contribution in [3.05, 3.63) is 29.8 Å². The van der Waals surface area contributed by atoms with E-state index < -0.39 is 11.6 Å². The summed E-state index contributed by atoms with van der Waals surface area (Å²) < 4.78 is 25.8. The van der Waals surface area contributed by atoms with Gasteiger partial charge in [0.1, 0.15) is 12.5 Å². The lowest BCUT2D eigenvalue weighted by molar-refractivity contribution is 0.389. The van der Waals surface area contributed by atoms with Crippen LogP contribution in [-0.2, 0) is 0 Å². The standard InChI is InChI=1S/C8H8F2N4/c1-13-5-14(12-11-13)8-3-2-6(9)4-7(8)10/h2-4H,5H2,1H3. The van der Waals surface area contributed by atoms with Crippen molar-refractivity contribution in [1.82, 2.24) is 5.01 Å². The van der Waals surface area contributed by atoms with E-state index in [0.29, 0.717) is 6.67 Å². The minimum absolute atomic E-state index is 0.222. The zero-order valence-corrected chi connectivity index (χ0v) is 7.48. The summed E-state index contributed by atoms with van der Waals surface area (Å²) in [6.45, 7) is 0.364. The SMILES string of the molecule is CN1CN(c2ccc(F)cc2F)N=N1. The van der Waals surface area contributed by atoms with Crippen molar-refractivity contribution in [2.75, 3.05) is 18.7 Å². The second-order valence-electron chi connectivity index (χ2n) is 2.97. The first-order valence-electron chi connectivity index (χ1n) is 4.02. The third-order valence-corrected chi connectivity index (χ3v) is 1.83. The molecular formula is C8H8F2N4. The van der Waals surface area contributed by atoms with Crippen molar-refractivity contribution in [1.29, 1.82) is 0 Å². The van der Waals surface area contributed by atoms with Crippen LogP contribution in [0.5, 0.6) is 0 Å². The van der Waals surface area contributed by atoms with Gasteiger partial charge in [-0.05, 0) is 17.4 Å². The highest BCUT2D eigenvalue weighted by molar-refractivity contribution is 5.46. The highest BCUT2D eigenvalue weighted by Gasteiger charge is 2.17. The van der Waals surface area contributed by atoms with Crippen molar-refractivity contribution >= 4 is 5.69 Å². The van der Waals surface area contributed by atoms with Gasteiger partial charge in [0, 0.05) is 13.1 Å². The number of hydrogen-bond donors (Lipinski definition) is 0. The van der Waals surface area contributed by atoms with Gasteiger partial charge < -0.3 is 0 Å². The normalized spacial score (nSPS) is 15.4. The average Bonchev–Trinajstić information content (AvgIpc) is 2.51. The fourth-order valence-corrected chi connectivity index (χ4v) is 1.18. The molecule has 1 aliphatic heterocycles. The van der Waals surface area contributed by atoms with Crippen LogP contribution in [0.4, 0.5) is 14.5 Å². The van der Waals surface area contributed by atoms with Crippen LogP contribution >= 0.6 is 0 Å². The Kier molecular flexibility index (Phi) is 2.03. The van der Waals surface area contributed by atoms with E-state index in [1.165, 1.54) is 17.1 Å². The molecule has 1 aromatic rings. The summed E-state index contributed by atoms with van der Waals surface area (Å²) in [7, 11) is 1.71. The maximum atomic E-state index is 13.2. The molecule has 0 N–H and O–H groups in total. The topological polar surface area (TPSA) is 31.2 Å². The Morgan fingerprint density at radius 1 is 1.29 bits per heavy atom. The van der Waals surface area contributed by atoms with Gasteiger partial charge in [-0.15, -0.1) is 0 Å². The molecule has 0 unspecified atom stereocenters. The molecule has 6 heteroatoms. The van der Waals surface area contributed by atoms with Crippen LogP contribution in [0, 0.1) is 11.6 Å². The first kappa shape index (κ1) is 8.86. The molecule has 0 atom stereocenters. The zero-order chi connectivity index (χ0) is 10.1. The third kappa shape index (κ3) is 1.50. The summed E-state index contributed by atoms with van der Waals surface area (Å²) in [5, 5.41) is 10.3. The molecule has 0 fully saturated rings. The smallest absolute Gasteiger partial charge is 0.151 e. The highest BCUT2D eigenvalue weighted by Crippen LogP contribution is 2.23. The number of benzene rings is 1. The Balaban J connectivity index is 2.29. The van der Waals surface area contributed by atoms with Crippen LogP contribution in [0.2, 0.25) is 0 Å². The number of hydrogen-bond acceptors (Lipinski definition) is 4. The number of nitrogens with zero attached hydrogens (tertiary/aromatic N) is 4. The fraction of sp³-hybridized carbons (Fsp3) is 0.250. The first-order chi connectivity index (χ1) is 6.66. The van der Waals surface area contributed by atoms with Crippen molar-refractivity contribution in [2.45, 2.75) is 0 Å². The number of halogens is 2. The Morgan fingerprint density at radius 3 is 2.64 bits per heavy atom. The summed E-state index contributed by atoms with van der Waals surface area (Å²) in [6, 6.07) is 3.35. The molecule has 0 aliphatic carbocycles. The average molecular weight is 198 g/mol. The van der Waals surface area contributed by atoms with Crippen LogP contribution in [0.3, 0.4) is 0 Å². The first-order valence-corrected chi connectivity index (χ1v) is 4.02. The predicted octanol–water partition coefficient (Wildman–Crippen LogP) is 1.96. The van der Waals surface area contributed by atoms with Gasteiger partial charge in [-0.1, -0.05) is 5.22 Å². The summed E-state index contributed by atoms with van der Waals surface area (Å²) in [4.78, 5) is 0. The van der Waals surface area contributed by atoms with Gasteiger partial charge in [-0.2, -0.15) is 0 Å². The third-order valence-electron chi connectivity index (χ3n) is 1.83. The molecule has 0 aromatic heterocycles. The quantitative estimate of drug-likeness (QED) is 0.690. The second kappa shape index (κ2) is 3.21. The van der Waals surface area contributed by atoms with E-state index in [-0.39, 0.29) is 5.69 Å². The molecule has 1 heterocycles. The van der Waals surface area contributed by atoms with Gasteiger partial charge in [0.05, 0.1) is 5.69 Å². The Bertz CT molecular complexity index is 380. The van der Waals surface area contributed by atoms with E-state index >= 15 is 0 Å². The summed E-state index contributed by atoms with van der Waals surface area (Å²) in [6.07, 6.45) is 0. The Labute approximate surface area is 79.4 Å². The van der Waals surface area contributed by atoms with E-state index in [1.807, 2.05) is 0 Å². The molecule has 0 saturated carbocycles. The maximum Gasteiger partial charge on any atom is 0.151 e. The molecule has 0 amide bonds. The lowest BCUT2D eigenvalue weighted by Gasteiger charge is -2.13. The summed E-state index contributed by atoms with van der Waals surface area (Å²) in [5.74, 6) is -1.24. The van der Waals surface area contributed by atoms with Crippen LogP contribution in [0.1, 0.15) is 0 Å². The van der Waals surface area contributed by atoms with Gasteiger partial charge in [0.2, 0.25) is 0 Å². The zero-order valence-electron chi connectivity index (χ0n) is 7.48. The van der Waals surface area contributed by atoms with Gasteiger partial charge in [-0.3, -0.25) is 5.01 Å². The van der Waals surface area contributed by atoms with Gasteiger partial charge in [0.25, 0.3) is 0 Å². The lowest BCUT2D eigenvalue weighted by atomic mass is 10.3. The van der Waals surface area contributed by atoms with Crippen LogP contribution in [0.25, 0.3) is 0 Å². The van der Waals surface area contributed by atoms with Crippen molar-refractivity contribution < 1.29 is 8.78 Å². The van der Waals surface area contributed by atoms with Crippen LogP contribution in [0.15, 0.2) is 28.6 Å². The maximum absolute atomic E-state index is 13.2. The van der Waals surface area contributed by atoms with E-state index in [1.54, 1.807) is 12.1 Å². The molecule has 0 saturated heterocycles. The van der Waals surface area contributed by atoms with E-state index in [4.69, 9.17) is 0 Å². The van der Waals surface area contributed by atoms with Crippen molar-refractivity contribution in [3.63, 3.8) is 0 Å². The molecule has 0 bridgehead atoms.